The van der Waals surface area contributed by atoms with E-state index in [4.69, 9.17) is 0 Å². The zero-order chi connectivity index (χ0) is 14.3. The molecule has 0 saturated carbocycles. The number of sulfonamides is 1. The van der Waals surface area contributed by atoms with Gasteiger partial charge < -0.3 is 0 Å². The van der Waals surface area contributed by atoms with Gasteiger partial charge in [0.05, 0.1) is 6.20 Å². The Hall–Kier alpha value is -0.920. The van der Waals surface area contributed by atoms with Gasteiger partial charge in [-0.25, -0.2) is 8.42 Å². The lowest BCUT2D eigenvalue weighted by atomic mass is 10.1. The summed E-state index contributed by atoms with van der Waals surface area (Å²) in [4.78, 5) is 2.74. The Morgan fingerprint density at radius 3 is 2.90 bits per heavy atom. The first kappa shape index (κ1) is 14.0. The SMILES string of the molecule is CCn1cc(S(=O)(=O)N2C[C@H]3CCCN3C[C@@H]2C)cn1. The van der Waals surface area contributed by atoms with E-state index in [1.165, 1.54) is 12.6 Å². The fourth-order valence-corrected chi connectivity index (χ4v) is 4.90. The third kappa shape index (κ3) is 2.27. The molecule has 7 heteroatoms. The highest BCUT2D eigenvalue weighted by molar-refractivity contribution is 7.89. The molecule has 2 aliphatic rings. The molecule has 0 radical (unpaired) electrons. The number of aryl methyl sites for hydroxylation is 1. The molecule has 1 aromatic rings. The molecule has 0 N–H and O–H groups in total. The molecule has 2 saturated heterocycles. The average Bonchev–Trinajstić information content (AvgIpc) is 3.05. The predicted octanol–water partition coefficient (Wildman–Crippen LogP) is 0.760. The molecule has 0 amide bonds. The van der Waals surface area contributed by atoms with Crippen LogP contribution in [0.15, 0.2) is 17.3 Å². The lowest BCUT2D eigenvalue weighted by molar-refractivity contribution is 0.117. The molecule has 112 valence electrons. The minimum absolute atomic E-state index is 0.0272. The van der Waals surface area contributed by atoms with Gasteiger partial charge in [-0.15, -0.1) is 0 Å². The van der Waals surface area contributed by atoms with Crippen LogP contribution in [-0.2, 0) is 16.6 Å². The summed E-state index contributed by atoms with van der Waals surface area (Å²) in [5.41, 5.74) is 0. The van der Waals surface area contributed by atoms with E-state index in [0.29, 0.717) is 24.0 Å². The van der Waals surface area contributed by atoms with Crippen molar-refractivity contribution in [1.29, 1.82) is 0 Å². The zero-order valence-corrected chi connectivity index (χ0v) is 12.9. The maximum absolute atomic E-state index is 12.8. The van der Waals surface area contributed by atoms with Gasteiger partial charge in [0.2, 0.25) is 10.0 Å². The molecule has 1 aromatic heterocycles. The van der Waals surface area contributed by atoms with Crippen LogP contribution in [0.5, 0.6) is 0 Å². The van der Waals surface area contributed by atoms with Crippen LogP contribution in [0.4, 0.5) is 0 Å². The monoisotopic (exact) mass is 298 g/mol. The minimum atomic E-state index is -3.42. The Kier molecular flexibility index (Phi) is 3.60. The molecule has 3 rings (SSSR count). The van der Waals surface area contributed by atoms with Crippen molar-refractivity contribution in [2.45, 2.75) is 50.2 Å². The van der Waals surface area contributed by atoms with Crippen molar-refractivity contribution in [3.05, 3.63) is 12.4 Å². The first-order valence-electron chi connectivity index (χ1n) is 7.30. The number of hydrogen-bond donors (Lipinski definition) is 0. The molecular formula is C13H22N4O2S. The van der Waals surface area contributed by atoms with Gasteiger partial charge in [0, 0.05) is 37.9 Å². The van der Waals surface area contributed by atoms with Gasteiger partial charge in [-0.3, -0.25) is 9.58 Å². The number of hydrogen-bond acceptors (Lipinski definition) is 4. The molecule has 2 fully saturated rings. The number of fused-ring (bicyclic) bond motifs is 1. The van der Waals surface area contributed by atoms with E-state index in [1.807, 2.05) is 13.8 Å². The predicted molar refractivity (Wildman–Crippen MR) is 75.8 cm³/mol. The highest BCUT2D eigenvalue weighted by atomic mass is 32.2. The fraction of sp³-hybridized carbons (Fsp3) is 0.769. The Morgan fingerprint density at radius 1 is 1.40 bits per heavy atom. The van der Waals surface area contributed by atoms with Crippen LogP contribution in [0.3, 0.4) is 0 Å². The van der Waals surface area contributed by atoms with Crippen molar-refractivity contribution < 1.29 is 8.42 Å². The summed E-state index contributed by atoms with van der Waals surface area (Å²) in [6, 6.07) is 0.418. The molecule has 0 unspecified atom stereocenters. The van der Waals surface area contributed by atoms with Crippen molar-refractivity contribution in [1.82, 2.24) is 19.0 Å². The maximum Gasteiger partial charge on any atom is 0.246 e. The Bertz CT molecular complexity index is 583. The van der Waals surface area contributed by atoms with Gasteiger partial charge >= 0.3 is 0 Å². The van der Waals surface area contributed by atoms with Crippen LogP contribution in [0.1, 0.15) is 26.7 Å². The van der Waals surface area contributed by atoms with Crippen LogP contribution in [0.2, 0.25) is 0 Å². The van der Waals surface area contributed by atoms with Gasteiger partial charge in [0.25, 0.3) is 0 Å². The highest BCUT2D eigenvalue weighted by Crippen LogP contribution is 2.28. The smallest absolute Gasteiger partial charge is 0.246 e. The third-order valence-electron chi connectivity index (χ3n) is 4.42. The summed E-state index contributed by atoms with van der Waals surface area (Å²) in [5.74, 6) is 0. The second-order valence-corrected chi connectivity index (χ2v) is 7.64. The Morgan fingerprint density at radius 2 is 2.20 bits per heavy atom. The summed E-state index contributed by atoms with van der Waals surface area (Å²) >= 11 is 0. The van der Waals surface area contributed by atoms with Crippen molar-refractivity contribution in [2.75, 3.05) is 19.6 Å². The van der Waals surface area contributed by atoms with Crippen LogP contribution in [0.25, 0.3) is 0 Å². The molecule has 0 spiro atoms. The summed E-state index contributed by atoms with van der Waals surface area (Å²) in [5, 5.41) is 4.09. The quantitative estimate of drug-likeness (QED) is 0.827. The van der Waals surface area contributed by atoms with Gasteiger partial charge in [0.15, 0.2) is 0 Å². The molecule has 0 aliphatic carbocycles. The van der Waals surface area contributed by atoms with Crippen molar-refractivity contribution >= 4 is 10.0 Å². The molecule has 6 nitrogen and oxygen atoms in total. The number of piperazine rings is 1. The summed E-state index contributed by atoms with van der Waals surface area (Å²) < 4.78 is 28.9. The van der Waals surface area contributed by atoms with E-state index >= 15 is 0 Å². The average molecular weight is 298 g/mol. The summed E-state index contributed by atoms with van der Waals surface area (Å²) in [6.45, 7) is 7.18. The first-order valence-corrected chi connectivity index (χ1v) is 8.74. The molecule has 0 aromatic carbocycles. The normalized spacial score (nSPS) is 28.7. The third-order valence-corrected chi connectivity index (χ3v) is 6.35. The van der Waals surface area contributed by atoms with Gasteiger partial charge in [-0.05, 0) is 33.2 Å². The zero-order valence-electron chi connectivity index (χ0n) is 12.1. The summed E-state index contributed by atoms with van der Waals surface area (Å²) in [7, 11) is -3.42. The molecule has 3 heterocycles. The van der Waals surface area contributed by atoms with Crippen molar-refractivity contribution in [2.24, 2.45) is 0 Å². The first-order chi connectivity index (χ1) is 9.52. The van der Waals surface area contributed by atoms with Gasteiger partial charge in [0.1, 0.15) is 4.90 Å². The van der Waals surface area contributed by atoms with E-state index in [-0.39, 0.29) is 6.04 Å². The fourth-order valence-electron chi connectivity index (χ4n) is 3.28. The lowest BCUT2D eigenvalue weighted by Gasteiger charge is -2.41. The van der Waals surface area contributed by atoms with Crippen molar-refractivity contribution in [3.8, 4) is 0 Å². The van der Waals surface area contributed by atoms with E-state index in [0.717, 1.165) is 19.5 Å². The van der Waals surface area contributed by atoms with Crippen molar-refractivity contribution in [3.63, 3.8) is 0 Å². The van der Waals surface area contributed by atoms with E-state index in [1.54, 1.807) is 15.2 Å². The molecule has 20 heavy (non-hydrogen) atoms. The molecule has 0 bridgehead atoms. The minimum Gasteiger partial charge on any atom is -0.297 e. The molecular weight excluding hydrogens is 276 g/mol. The number of aromatic nitrogens is 2. The van der Waals surface area contributed by atoms with Crippen LogP contribution >= 0.6 is 0 Å². The maximum atomic E-state index is 12.8. The largest absolute Gasteiger partial charge is 0.297 e. The second kappa shape index (κ2) is 5.13. The van der Waals surface area contributed by atoms with Crippen LogP contribution in [-0.4, -0.2) is 59.1 Å². The van der Waals surface area contributed by atoms with Crippen LogP contribution in [0, 0.1) is 0 Å². The second-order valence-electron chi connectivity index (χ2n) is 5.75. The standard InChI is InChI=1S/C13H22N4O2S/c1-3-16-10-13(7-14-16)20(18,19)17-9-12-5-4-6-15(12)8-11(17)2/h7,10-12H,3-6,8-9H2,1-2H3/t11-,12+/m0/s1. The van der Waals surface area contributed by atoms with Crippen LogP contribution < -0.4 is 0 Å². The molecule has 2 atom stereocenters. The Balaban J connectivity index is 1.86. The van der Waals surface area contributed by atoms with E-state index in [2.05, 4.69) is 10.00 Å². The molecule has 2 aliphatic heterocycles. The topological polar surface area (TPSA) is 58.4 Å². The number of nitrogens with zero attached hydrogens (tertiary/aromatic N) is 4. The highest BCUT2D eigenvalue weighted by Gasteiger charge is 2.40. The Labute approximate surface area is 120 Å². The van der Waals surface area contributed by atoms with E-state index < -0.39 is 10.0 Å². The van der Waals surface area contributed by atoms with E-state index in [9.17, 15) is 8.42 Å². The number of rotatable bonds is 3. The lowest BCUT2D eigenvalue weighted by Crippen LogP contribution is -2.56. The van der Waals surface area contributed by atoms with Gasteiger partial charge in [-0.1, -0.05) is 0 Å². The summed E-state index contributed by atoms with van der Waals surface area (Å²) in [6.07, 6.45) is 5.38. The van der Waals surface area contributed by atoms with Gasteiger partial charge in [-0.2, -0.15) is 9.40 Å².